The molecule has 0 spiro atoms. The largest absolute Gasteiger partial charge is 2.00 e. The van der Waals surface area contributed by atoms with Crippen LogP contribution in [-0.4, -0.2) is 77.8 Å². The molecule has 12 aromatic rings. The molecule has 1 saturated carbocycles. The van der Waals surface area contributed by atoms with Gasteiger partial charge >= 0.3 is 23.1 Å². The van der Waals surface area contributed by atoms with Gasteiger partial charge in [0.2, 0.25) is 5.91 Å². The van der Waals surface area contributed by atoms with Crippen molar-refractivity contribution in [2.45, 2.75) is 278 Å². The number of allylic oxidation sites excluding steroid dienone is 2. The second-order valence-electron chi connectivity index (χ2n) is 45.4. The molecule has 7 heterocycles. The van der Waals surface area contributed by atoms with Crippen molar-refractivity contribution in [3.05, 3.63) is 391 Å². The van der Waals surface area contributed by atoms with Crippen LogP contribution in [0, 0.1) is 17.8 Å². The van der Waals surface area contributed by atoms with E-state index in [2.05, 4.69) is 349 Å². The number of aromatic nitrogens is 2. The summed E-state index contributed by atoms with van der Waals surface area (Å²) < 4.78 is 36.9. The fourth-order valence-electron chi connectivity index (χ4n) is 20.6. The van der Waals surface area contributed by atoms with Crippen molar-refractivity contribution in [3.8, 4) is 34.4 Å². The molecule has 19 rings (SSSR count). The van der Waals surface area contributed by atoms with Crippen LogP contribution in [0.2, 0.25) is 0 Å². The van der Waals surface area contributed by atoms with Crippen LogP contribution < -0.4 is 18.9 Å². The van der Waals surface area contributed by atoms with Crippen LogP contribution in [-0.2, 0) is 101 Å². The number of nitrogens with zero attached hydrogens (tertiary/aromatic N) is 4. The summed E-state index contributed by atoms with van der Waals surface area (Å²) in [5.74, 6) is 3.82. The summed E-state index contributed by atoms with van der Waals surface area (Å²) in [6.45, 7) is 46.9. The number of carbonyl (C=O) groups excluding carboxylic acids is 2. The summed E-state index contributed by atoms with van der Waals surface area (Å²) >= 11 is 0. The predicted octanol–water partition coefficient (Wildman–Crippen LogP) is 30.2. The Balaban J connectivity index is 0.000000302. The van der Waals surface area contributed by atoms with Gasteiger partial charge in [0, 0.05) is 25.6 Å². The number of rotatable bonds is 19. The van der Waals surface area contributed by atoms with Gasteiger partial charge in [-0.25, -0.2) is 14.8 Å². The molecule has 13 heteroatoms. The Morgan fingerprint density at radius 3 is 0.979 bits per heavy atom. The van der Waals surface area contributed by atoms with Crippen molar-refractivity contribution in [1.82, 2.24) is 19.8 Å². The van der Waals surface area contributed by atoms with Crippen molar-refractivity contribution in [2.75, 3.05) is 46.1 Å². The third-order valence-electron chi connectivity index (χ3n) is 28.9. The van der Waals surface area contributed by atoms with Gasteiger partial charge in [-0.15, -0.1) is 0 Å². The van der Waals surface area contributed by atoms with Gasteiger partial charge in [-0.2, -0.15) is 0 Å². The number of urea groups is 1. The van der Waals surface area contributed by atoms with E-state index < -0.39 is 10.8 Å². The molecule has 737 valence electrons. The summed E-state index contributed by atoms with van der Waals surface area (Å²) in [6.07, 6.45) is 16.3. The third-order valence-corrected chi connectivity index (χ3v) is 28.9. The summed E-state index contributed by atoms with van der Waals surface area (Å²) in [5.41, 5.74) is 23.2. The van der Waals surface area contributed by atoms with Crippen molar-refractivity contribution >= 4 is 11.9 Å². The zero-order valence-electron chi connectivity index (χ0n) is 86.7. The van der Waals surface area contributed by atoms with E-state index in [1.165, 1.54) is 116 Å². The Morgan fingerprint density at radius 1 is 0.350 bits per heavy atom. The maximum Gasteiger partial charge on any atom is 2.00 e. The Bertz CT molecular complexity index is 5650. The molecule has 0 unspecified atom stereocenters. The number of carbonyl (C=O) groups is 2. The smallest absolute Gasteiger partial charge is 0.494 e. The molecular formula is C127H152CuN4O8+2. The molecule has 3 amide bonds. The van der Waals surface area contributed by atoms with Gasteiger partial charge in [0.05, 0.1) is 86.5 Å². The number of hydrogen-bond donors (Lipinski definition) is 0. The molecule has 3 atom stereocenters. The molecule has 1 saturated heterocycles. The zero-order chi connectivity index (χ0) is 98.3. The van der Waals surface area contributed by atoms with Crippen LogP contribution >= 0.6 is 0 Å². The standard InChI is InChI=1S/C91H110N2O4.C36H42N2O4.Cu/c1-84(2,3)64-22-34-70(35-23-64)90(71-36-24-65(25-37-71)85(4,5)6,72-38-26-66(27-39-72)86(7,8)9)76-46-50-78(51-47-76)96-57-19-21-63-59-62-60-80(63)81(61-62)82(94)93-56-55-92(83(93)95)54-20-58-97-79-52-48-77(49-53-79)91(73-40-28-67(29-41-73)87(10,11)12,74-42-30-68(31-43-74)88(13,14)15)75-44-32-69(33-45-75)89(16,17)18;1-2-4-6-8-24-42-34-21-17-30(18-22-34)26-40-28-32-12-10-14-36(38-32)35-13-9-11-31(37-35)27-39-25-29-15-19-33(20-16-29)41-23-7-5-3-1;/h22-53,59,62,80-81H,19-21,54-58,60-61H2,1-18H3;9-22H,1-8,23-28H2;/q;;+2/t62-,80-,81-;;/m0../s1. The fraction of sp³-hybridized carbons (Fsp3) is 0.417. The summed E-state index contributed by atoms with van der Waals surface area (Å²) in [5, 5.41) is 0. The van der Waals surface area contributed by atoms with Crippen LogP contribution in [0.25, 0.3) is 11.4 Å². The zero-order valence-corrected chi connectivity index (χ0v) is 87.6. The minimum Gasteiger partial charge on any atom is -0.494 e. The molecular weight excluding hydrogens is 1770 g/mol. The van der Waals surface area contributed by atoms with Gasteiger partial charge in [-0.3, -0.25) is 9.69 Å². The van der Waals surface area contributed by atoms with E-state index in [-0.39, 0.29) is 73.3 Å². The van der Waals surface area contributed by atoms with E-state index in [9.17, 15) is 9.59 Å². The summed E-state index contributed by atoms with van der Waals surface area (Å²) in [6, 6.07) is 101. The van der Waals surface area contributed by atoms with Crippen LogP contribution in [0.4, 0.5) is 4.79 Å². The average Bonchev–Trinajstić information content (AvgIpc) is 1.05. The molecule has 10 bridgehead atoms. The molecule has 1 radical (unpaired) electrons. The number of benzene rings is 10. The molecule has 0 N–H and O–H groups in total. The normalized spacial score (nSPS) is 16.9. The Hall–Kier alpha value is -11.2. The Kier molecular flexibility index (Phi) is 34.2. The number of ether oxygens (including phenoxy) is 6. The van der Waals surface area contributed by atoms with Crippen molar-refractivity contribution < 1.29 is 55.1 Å². The van der Waals surface area contributed by atoms with E-state index in [0.29, 0.717) is 71.6 Å². The Labute approximate surface area is 848 Å². The predicted molar refractivity (Wildman–Crippen MR) is 568 cm³/mol. The second-order valence-corrected chi connectivity index (χ2v) is 45.4. The quantitative estimate of drug-likeness (QED) is 0.0335. The van der Waals surface area contributed by atoms with Crippen LogP contribution in [0.3, 0.4) is 0 Å². The first-order chi connectivity index (χ1) is 66.5. The topological polar surface area (TPSA) is 122 Å². The van der Waals surface area contributed by atoms with Crippen LogP contribution in [0.5, 0.6) is 23.0 Å². The van der Waals surface area contributed by atoms with Gasteiger partial charge in [0.25, 0.3) is 0 Å². The van der Waals surface area contributed by atoms with Gasteiger partial charge in [-0.1, -0.05) is 381 Å². The fourth-order valence-corrected chi connectivity index (χ4v) is 20.6. The molecule has 10 aromatic carbocycles. The molecule has 2 aromatic heterocycles. The summed E-state index contributed by atoms with van der Waals surface area (Å²) in [4.78, 5) is 41.5. The van der Waals surface area contributed by atoms with Crippen molar-refractivity contribution in [2.24, 2.45) is 17.8 Å². The minimum absolute atomic E-state index is 0. The van der Waals surface area contributed by atoms with Gasteiger partial charge in [0.15, 0.2) is 0 Å². The molecule has 140 heavy (non-hydrogen) atoms. The molecule has 5 aliphatic heterocycles. The number of pyridine rings is 2. The van der Waals surface area contributed by atoms with Gasteiger partial charge in [-0.05, 0) is 251 Å². The average molecular weight is 1930 g/mol. The first-order valence-corrected chi connectivity index (χ1v) is 51.4. The number of amides is 3. The minimum atomic E-state index is -0.624. The summed E-state index contributed by atoms with van der Waals surface area (Å²) in [7, 11) is 0. The molecule has 2 aliphatic carbocycles. The molecule has 12 nitrogen and oxygen atoms in total. The van der Waals surface area contributed by atoms with Crippen LogP contribution in [0.1, 0.15) is 309 Å². The van der Waals surface area contributed by atoms with Gasteiger partial charge in [0.1, 0.15) is 23.0 Å². The maximum absolute atomic E-state index is 14.4. The first kappa shape index (κ1) is 105. The van der Waals surface area contributed by atoms with Crippen molar-refractivity contribution in [1.29, 1.82) is 0 Å². The van der Waals surface area contributed by atoms with Gasteiger partial charge < -0.3 is 33.3 Å². The first-order valence-electron chi connectivity index (χ1n) is 51.4. The second kappa shape index (κ2) is 45.8. The van der Waals surface area contributed by atoms with E-state index in [0.717, 1.165) is 114 Å². The third kappa shape index (κ3) is 25.8. The van der Waals surface area contributed by atoms with E-state index in [1.54, 1.807) is 4.90 Å². The van der Waals surface area contributed by atoms with E-state index >= 15 is 0 Å². The monoisotopic (exact) mass is 1920 g/mol. The van der Waals surface area contributed by atoms with E-state index in [4.69, 9.17) is 38.4 Å². The number of fused-ring (bicyclic) bond motifs is 2. The van der Waals surface area contributed by atoms with Crippen molar-refractivity contribution in [3.63, 3.8) is 0 Å². The SMILES string of the molecule is CC(C)(C)c1ccc(C(c2ccc(OCCCC3=C[C@@H]4C[C@H](C(=O)N5CCN(CCCOc6ccc(C(c7ccc(C(C)(C)C)cc7)(c7ccc(C(C)(C)C)cc7)c7ccc(C(C)(C)C)cc7)cc6)C5=O)[C@H]3C4)cc2)(c2ccc(C(C)(C)C)cc2)c2ccc(C(C)(C)C)cc2)cc1.[Cu+2].c1cc2nc(c1)-c1cccc(n1)COCc1ccc(cc1)OCCCCCCCCCCOc1ccc(cc1)COC2. The Morgan fingerprint density at radius 2 is 0.657 bits per heavy atom. The number of hydrogen-bond acceptors (Lipinski definition) is 10. The molecule has 7 aliphatic rings. The number of imide groups is 1. The maximum atomic E-state index is 14.4. The van der Waals surface area contributed by atoms with Crippen LogP contribution in [0.15, 0.2) is 291 Å². The molecule has 2 fully saturated rings. The van der Waals surface area contributed by atoms with E-state index in [1.807, 2.05) is 65.6 Å².